The fraction of sp³-hybridized carbons (Fsp3) is 0.478. The summed E-state index contributed by atoms with van der Waals surface area (Å²) in [7, 11) is 0. The molecule has 0 bridgehead atoms. The molecule has 1 aliphatic rings. The molecule has 0 saturated carbocycles. The Bertz CT molecular complexity index is 1220. The molecule has 1 amide bonds. The number of unbranched alkanes of at least 4 members (excludes halogenated alkanes) is 1. The van der Waals surface area contributed by atoms with Crippen LogP contribution in [0.15, 0.2) is 38.3 Å². The van der Waals surface area contributed by atoms with Crippen LogP contribution >= 0.6 is 0 Å². The van der Waals surface area contributed by atoms with E-state index in [1.165, 1.54) is 9.47 Å². The van der Waals surface area contributed by atoms with Crippen LogP contribution in [-0.2, 0) is 11.3 Å². The standard InChI is InChI=1S/C23H30N6O4/c1-3-5-12-29-19(24)18(20(30)26-22(29)32)28(4-2)21(31)15-10-13-27(14-11-15)23-25-16-8-6-7-9-17(16)33-23/h6-9,15H,3-5,10-14,24H2,1-2H3,(H,26,30,32). The van der Waals surface area contributed by atoms with E-state index in [0.717, 1.165) is 23.9 Å². The average Bonchev–Trinajstić information content (AvgIpc) is 3.25. The first-order valence-electron chi connectivity index (χ1n) is 11.5. The summed E-state index contributed by atoms with van der Waals surface area (Å²) in [6.07, 6.45) is 2.81. The van der Waals surface area contributed by atoms with Gasteiger partial charge in [-0.1, -0.05) is 25.5 Å². The summed E-state index contributed by atoms with van der Waals surface area (Å²) in [5, 5.41) is 0. The number of piperidine rings is 1. The Morgan fingerprint density at radius 3 is 2.64 bits per heavy atom. The third-order valence-electron chi connectivity index (χ3n) is 6.20. The third kappa shape index (κ3) is 4.37. The maximum absolute atomic E-state index is 13.4. The van der Waals surface area contributed by atoms with E-state index in [1.807, 2.05) is 36.1 Å². The van der Waals surface area contributed by atoms with E-state index < -0.39 is 11.2 Å². The number of anilines is 3. The highest BCUT2D eigenvalue weighted by Crippen LogP contribution is 2.28. The van der Waals surface area contributed by atoms with E-state index in [2.05, 4.69) is 9.97 Å². The van der Waals surface area contributed by atoms with Gasteiger partial charge >= 0.3 is 5.69 Å². The average molecular weight is 455 g/mol. The number of amides is 1. The molecule has 3 N–H and O–H groups in total. The molecule has 3 heterocycles. The van der Waals surface area contributed by atoms with Gasteiger partial charge in [-0.25, -0.2) is 4.79 Å². The lowest BCUT2D eigenvalue weighted by Gasteiger charge is -2.33. The summed E-state index contributed by atoms with van der Waals surface area (Å²) in [5.41, 5.74) is 6.63. The number of para-hydroxylation sites is 2. The number of hydrogen-bond donors (Lipinski definition) is 2. The first kappa shape index (κ1) is 22.6. The smallest absolute Gasteiger partial charge is 0.330 e. The molecule has 10 heteroatoms. The predicted octanol–water partition coefficient (Wildman–Crippen LogP) is 2.33. The van der Waals surface area contributed by atoms with Gasteiger partial charge in [0.25, 0.3) is 11.6 Å². The molecule has 2 aromatic heterocycles. The summed E-state index contributed by atoms with van der Waals surface area (Å²) in [5.74, 6) is -0.385. The van der Waals surface area contributed by atoms with Crippen LogP contribution in [0.5, 0.6) is 0 Å². The van der Waals surface area contributed by atoms with Crippen molar-refractivity contribution in [3.05, 3.63) is 45.1 Å². The van der Waals surface area contributed by atoms with Crippen LogP contribution in [0, 0.1) is 5.92 Å². The van der Waals surface area contributed by atoms with Crippen molar-refractivity contribution in [2.24, 2.45) is 5.92 Å². The van der Waals surface area contributed by atoms with Crippen LogP contribution in [-0.4, -0.2) is 40.1 Å². The molecule has 0 aliphatic carbocycles. The number of rotatable bonds is 7. The molecule has 0 unspecified atom stereocenters. The molecule has 3 aromatic rings. The van der Waals surface area contributed by atoms with Gasteiger partial charge in [-0.2, -0.15) is 4.98 Å². The van der Waals surface area contributed by atoms with Gasteiger partial charge in [0, 0.05) is 32.1 Å². The van der Waals surface area contributed by atoms with Crippen molar-refractivity contribution in [1.29, 1.82) is 0 Å². The quantitative estimate of drug-likeness (QED) is 0.560. The van der Waals surface area contributed by atoms with Crippen molar-refractivity contribution in [1.82, 2.24) is 14.5 Å². The molecule has 4 rings (SSSR count). The predicted molar refractivity (Wildman–Crippen MR) is 128 cm³/mol. The second kappa shape index (κ2) is 9.51. The van der Waals surface area contributed by atoms with E-state index in [4.69, 9.17) is 10.2 Å². The van der Waals surface area contributed by atoms with Crippen LogP contribution in [0.1, 0.15) is 39.5 Å². The number of hydrogen-bond acceptors (Lipinski definition) is 7. The lowest BCUT2D eigenvalue weighted by molar-refractivity contribution is -0.122. The fourth-order valence-corrected chi connectivity index (χ4v) is 4.33. The minimum Gasteiger partial charge on any atom is -0.423 e. The summed E-state index contributed by atoms with van der Waals surface area (Å²) >= 11 is 0. The van der Waals surface area contributed by atoms with E-state index in [1.54, 1.807) is 6.92 Å². The lowest BCUT2D eigenvalue weighted by Crippen LogP contribution is -2.46. The number of carbonyl (C=O) groups excluding carboxylic acids is 1. The zero-order valence-electron chi connectivity index (χ0n) is 19.0. The number of fused-ring (bicyclic) bond motifs is 1. The number of aromatic amines is 1. The molecule has 10 nitrogen and oxygen atoms in total. The maximum atomic E-state index is 13.4. The second-order valence-electron chi connectivity index (χ2n) is 8.31. The van der Waals surface area contributed by atoms with Gasteiger partial charge in [-0.05, 0) is 38.3 Å². The third-order valence-corrected chi connectivity index (χ3v) is 6.20. The van der Waals surface area contributed by atoms with Crippen molar-refractivity contribution in [3.8, 4) is 0 Å². The number of nitrogens with one attached hydrogen (secondary N) is 1. The second-order valence-corrected chi connectivity index (χ2v) is 8.31. The van der Waals surface area contributed by atoms with Gasteiger partial charge < -0.3 is 20.0 Å². The fourth-order valence-electron chi connectivity index (χ4n) is 4.33. The first-order chi connectivity index (χ1) is 15.9. The Labute approximate surface area is 191 Å². The monoisotopic (exact) mass is 454 g/mol. The number of H-pyrrole nitrogens is 1. The van der Waals surface area contributed by atoms with Crippen LogP contribution < -0.4 is 26.8 Å². The summed E-state index contributed by atoms with van der Waals surface area (Å²) in [6, 6.07) is 8.15. The largest absolute Gasteiger partial charge is 0.423 e. The van der Waals surface area contributed by atoms with Gasteiger partial charge in [0.05, 0.1) is 0 Å². The van der Waals surface area contributed by atoms with Crippen LogP contribution in [0.3, 0.4) is 0 Å². The van der Waals surface area contributed by atoms with Gasteiger partial charge in [0.2, 0.25) is 5.91 Å². The Kier molecular flexibility index (Phi) is 6.52. The highest BCUT2D eigenvalue weighted by molar-refractivity contribution is 5.97. The zero-order chi connectivity index (χ0) is 23.5. The Hall–Kier alpha value is -3.56. The molecule has 33 heavy (non-hydrogen) atoms. The summed E-state index contributed by atoms with van der Waals surface area (Å²) in [6.45, 7) is 5.70. The van der Waals surface area contributed by atoms with Crippen molar-refractivity contribution in [2.45, 2.75) is 46.1 Å². The Morgan fingerprint density at radius 1 is 1.24 bits per heavy atom. The van der Waals surface area contributed by atoms with E-state index in [-0.39, 0.29) is 29.9 Å². The molecular formula is C23H30N6O4. The number of aromatic nitrogens is 3. The number of nitrogens with two attached hydrogens (primary N) is 1. The first-order valence-corrected chi connectivity index (χ1v) is 11.5. The Morgan fingerprint density at radius 2 is 1.97 bits per heavy atom. The van der Waals surface area contributed by atoms with Crippen LogP contribution in [0.25, 0.3) is 11.1 Å². The topological polar surface area (TPSA) is 130 Å². The van der Waals surface area contributed by atoms with Gasteiger partial charge in [-0.15, -0.1) is 0 Å². The molecule has 0 atom stereocenters. The van der Waals surface area contributed by atoms with Crippen LogP contribution in [0.2, 0.25) is 0 Å². The molecule has 1 saturated heterocycles. The number of nitrogens with zero attached hydrogens (tertiary/aromatic N) is 4. The van der Waals surface area contributed by atoms with Gasteiger partial charge in [0.1, 0.15) is 11.3 Å². The number of benzene rings is 1. The lowest BCUT2D eigenvalue weighted by atomic mass is 9.95. The van der Waals surface area contributed by atoms with Crippen LogP contribution in [0.4, 0.5) is 17.5 Å². The molecule has 176 valence electrons. The Balaban J connectivity index is 1.52. The molecule has 0 radical (unpaired) electrons. The molecular weight excluding hydrogens is 424 g/mol. The number of nitrogen functional groups attached to an aromatic ring is 1. The zero-order valence-corrected chi connectivity index (χ0v) is 19.0. The van der Waals surface area contributed by atoms with Crippen molar-refractivity contribution < 1.29 is 9.21 Å². The SMILES string of the molecule is CCCCn1c(N)c(N(CC)C(=O)C2CCN(c3nc4ccccc4o3)CC2)c(=O)[nH]c1=O. The van der Waals surface area contributed by atoms with Crippen molar-refractivity contribution >= 4 is 34.5 Å². The van der Waals surface area contributed by atoms with Crippen molar-refractivity contribution in [3.63, 3.8) is 0 Å². The van der Waals surface area contributed by atoms with Gasteiger partial charge in [0.15, 0.2) is 11.3 Å². The number of oxazole rings is 1. The molecule has 1 aliphatic heterocycles. The highest BCUT2D eigenvalue weighted by atomic mass is 16.4. The molecule has 0 spiro atoms. The minimum absolute atomic E-state index is 0.0383. The molecule has 1 fully saturated rings. The van der Waals surface area contributed by atoms with E-state index >= 15 is 0 Å². The summed E-state index contributed by atoms with van der Waals surface area (Å²) < 4.78 is 7.19. The minimum atomic E-state index is -0.635. The van der Waals surface area contributed by atoms with Crippen molar-refractivity contribution in [2.75, 3.05) is 35.2 Å². The van der Waals surface area contributed by atoms with E-state index in [0.29, 0.717) is 38.5 Å². The molecule has 1 aromatic carbocycles. The normalized spacial score (nSPS) is 14.7. The maximum Gasteiger partial charge on any atom is 0.330 e. The highest BCUT2D eigenvalue weighted by Gasteiger charge is 2.32. The number of carbonyl (C=O) groups is 1. The van der Waals surface area contributed by atoms with E-state index in [9.17, 15) is 14.4 Å². The van der Waals surface area contributed by atoms with Gasteiger partial charge in [-0.3, -0.25) is 19.1 Å². The summed E-state index contributed by atoms with van der Waals surface area (Å²) in [4.78, 5) is 48.6.